The van der Waals surface area contributed by atoms with E-state index in [1.54, 1.807) is 6.92 Å². The van der Waals surface area contributed by atoms with Gasteiger partial charge in [0.25, 0.3) is 0 Å². The Morgan fingerprint density at radius 3 is 1.69 bits per heavy atom. The van der Waals surface area contributed by atoms with Gasteiger partial charge in [-0.15, -0.1) is 0 Å². The first kappa shape index (κ1) is 15.0. The van der Waals surface area contributed by atoms with Crippen LogP contribution in [-0.4, -0.2) is 12.6 Å². The fraction of sp³-hybridized carbons (Fsp3) is 0.846. The fourth-order valence-electron chi connectivity index (χ4n) is 2.36. The molecule has 0 aliphatic rings. The highest BCUT2D eigenvalue weighted by Crippen LogP contribution is 2.51. The monoisotopic (exact) mass is 225 g/mol. The second-order valence-corrected chi connectivity index (χ2v) is 6.08. The smallest absolute Gasteiger partial charge is 0.327 e. The lowest BCUT2D eigenvalue weighted by molar-refractivity contribution is -0.166. The van der Waals surface area contributed by atoms with Crippen molar-refractivity contribution in [3.63, 3.8) is 0 Å². The molecule has 0 aromatic carbocycles. The van der Waals surface area contributed by atoms with Gasteiger partial charge in [-0.2, -0.15) is 5.26 Å². The minimum atomic E-state index is -1.13. The summed E-state index contributed by atoms with van der Waals surface area (Å²) in [6.07, 6.45) is 0. The molecule has 0 aliphatic carbocycles. The zero-order valence-electron chi connectivity index (χ0n) is 11.5. The highest BCUT2D eigenvalue weighted by molar-refractivity contribution is 5.82. The lowest BCUT2D eigenvalue weighted by Gasteiger charge is -2.45. The molecule has 0 heterocycles. The number of carbonyl (C=O) groups is 1. The van der Waals surface area contributed by atoms with E-state index in [-0.39, 0.29) is 0 Å². The van der Waals surface area contributed by atoms with Crippen LogP contribution in [0.5, 0.6) is 0 Å². The number of nitriles is 1. The summed E-state index contributed by atoms with van der Waals surface area (Å²) < 4.78 is 5.09. The van der Waals surface area contributed by atoms with E-state index in [0.717, 1.165) is 0 Å². The molecule has 0 aromatic rings. The average Bonchev–Trinajstić information content (AvgIpc) is 2.00. The first-order chi connectivity index (χ1) is 7.04. The molecule has 0 aromatic heterocycles. The van der Waals surface area contributed by atoms with Crippen molar-refractivity contribution in [2.45, 2.75) is 48.5 Å². The van der Waals surface area contributed by atoms with Crippen molar-refractivity contribution in [1.82, 2.24) is 0 Å². The van der Waals surface area contributed by atoms with Crippen LogP contribution in [0.3, 0.4) is 0 Å². The van der Waals surface area contributed by atoms with Crippen LogP contribution in [-0.2, 0) is 9.53 Å². The highest BCUT2D eigenvalue weighted by atomic mass is 16.5. The maximum Gasteiger partial charge on any atom is 0.327 e. The van der Waals surface area contributed by atoms with E-state index in [0.29, 0.717) is 6.61 Å². The molecule has 0 spiro atoms. The van der Waals surface area contributed by atoms with Gasteiger partial charge in [0.2, 0.25) is 0 Å². The fourth-order valence-corrected chi connectivity index (χ4v) is 2.36. The highest BCUT2D eigenvalue weighted by Gasteiger charge is 2.58. The van der Waals surface area contributed by atoms with Crippen molar-refractivity contribution in [2.75, 3.05) is 6.61 Å². The number of hydrogen-bond donors (Lipinski definition) is 0. The van der Waals surface area contributed by atoms with Crippen LogP contribution in [0.15, 0.2) is 0 Å². The molecule has 0 unspecified atom stereocenters. The Balaban J connectivity index is 5.71. The van der Waals surface area contributed by atoms with Crippen molar-refractivity contribution >= 4 is 5.97 Å². The van der Waals surface area contributed by atoms with Crippen LogP contribution in [0.4, 0.5) is 0 Å². The molecule has 0 bridgehead atoms. The third kappa shape index (κ3) is 2.21. The van der Waals surface area contributed by atoms with Crippen molar-refractivity contribution < 1.29 is 9.53 Å². The molecular weight excluding hydrogens is 202 g/mol. The topological polar surface area (TPSA) is 50.1 Å². The minimum Gasteiger partial charge on any atom is -0.465 e. The number of hydrogen-bond acceptors (Lipinski definition) is 3. The molecule has 0 N–H and O–H groups in total. The van der Waals surface area contributed by atoms with Crippen LogP contribution in [0.2, 0.25) is 0 Å². The van der Waals surface area contributed by atoms with Gasteiger partial charge in [0.05, 0.1) is 12.7 Å². The molecule has 3 nitrogen and oxygen atoms in total. The number of esters is 1. The van der Waals surface area contributed by atoms with E-state index < -0.39 is 22.2 Å². The molecule has 0 saturated heterocycles. The lowest BCUT2D eigenvalue weighted by Crippen LogP contribution is -2.52. The Hall–Kier alpha value is -1.04. The number of rotatable bonds is 2. The Labute approximate surface area is 98.8 Å². The normalized spacial score (nSPS) is 13.1. The predicted octanol–water partition coefficient (Wildman–Crippen LogP) is 3.15. The molecule has 0 atom stereocenters. The molecule has 3 heteroatoms. The summed E-state index contributed by atoms with van der Waals surface area (Å²) in [4.78, 5) is 12.1. The van der Waals surface area contributed by atoms with E-state index in [4.69, 9.17) is 4.74 Å². The van der Waals surface area contributed by atoms with Gasteiger partial charge in [-0.3, -0.25) is 4.79 Å². The van der Waals surface area contributed by atoms with Gasteiger partial charge in [-0.1, -0.05) is 41.5 Å². The Kier molecular flexibility index (Phi) is 4.16. The Morgan fingerprint density at radius 1 is 1.12 bits per heavy atom. The largest absolute Gasteiger partial charge is 0.465 e. The molecule has 16 heavy (non-hydrogen) atoms. The van der Waals surface area contributed by atoms with Gasteiger partial charge < -0.3 is 4.74 Å². The van der Waals surface area contributed by atoms with Gasteiger partial charge in [0.1, 0.15) is 0 Å². The van der Waals surface area contributed by atoms with Crippen molar-refractivity contribution in [1.29, 1.82) is 5.26 Å². The van der Waals surface area contributed by atoms with Crippen molar-refractivity contribution in [2.24, 2.45) is 16.2 Å². The van der Waals surface area contributed by atoms with Crippen molar-refractivity contribution in [3.8, 4) is 6.07 Å². The number of nitrogens with zero attached hydrogens (tertiary/aromatic N) is 1. The zero-order valence-corrected chi connectivity index (χ0v) is 11.5. The maximum atomic E-state index is 12.1. The summed E-state index contributed by atoms with van der Waals surface area (Å²) in [6.45, 7) is 13.5. The Bertz CT molecular complexity index is 285. The van der Waals surface area contributed by atoms with Crippen LogP contribution >= 0.6 is 0 Å². The predicted molar refractivity (Wildman–Crippen MR) is 63.6 cm³/mol. The zero-order chi connectivity index (χ0) is 13.2. The van der Waals surface area contributed by atoms with Crippen LogP contribution < -0.4 is 0 Å². The lowest BCUT2D eigenvalue weighted by atomic mass is 9.55. The molecule has 0 radical (unpaired) electrons. The van der Waals surface area contributed by atoms with Gasteiger partial charge in [0, 0.05) is 0 Å². The average molecular weight is 225 g/mol. The second kappa shape index (κ2) is 4.45. The van der Waals surface area contributed by atoms with Crippen molar-refractivity contribution in [3.05, 3.63) is 0 Å². The summed E-state index contributed by atoms with van der Waals surface area (Å²) >= 11 is 0. The van der Waals surface area contributed by atoms with E-state index >= 15 is 0 Å². The molecule has 0 fully saturated rings. The number of ether oxygens (including phenoxy) is 1. The molecule has 0 rings (SSSR count). The summed E-state index contributed by atoms with van der Waals surface area (Å²) in [5.41, 5.74) is -2.06. The summed E-state index contributed by atoms with van der Waals surface area (Å²) in [5, 5.41) is 9.49. The van der Waals surface area contributed by atoms with Gasteiger partial charge in [-0.05, 0) is 17.8 Å². The first-order valence-electron chi connectivity index (χ1n) is 5.63. The van der Waals surface area contributed by atoms with E-state index in [1.165, 1.54) is 0 Å². The first-order valence-corrected chi connectivity index (χ1v) is 5.63. The second-order valence-electron chi connectivity index (χ2n) is 6.08. The summed E-state index contributed by atoms with van der Waals surface area (Å²) in [6, 6.07) is 2.21. The minimum absolute atomic E-state index is 0.300. The molecule has 92 valence electrons. The van der Waals surface area contributed by atoms with Gasteiger partial charge in [-0.25, -0.2) is 0 Å². The number of carbonyl (C=O) groups excluding carboxylic acids is 1. The molecule has 0 amide bonds. The third-order valence-electron chi connectivity index (χ3n) is 3.00. The third-order valence-corrected chi connectivity index (χ3v) is 3.00. The Morgan fingerprint density at radius 2 is 1.50 bits per heavy atom. The molecule has 0 aliphatic heterocycles. The van der Waals surface area contributed by atoms with Crippen LogP contribution in [0, 0.1) is 27.6 Å². The SMILES string of the molecule is CCOC(=O)C(C#N)(C(C)(C)C)C(C)(C)C. The summed E-state index contributed by atoms with van der Waals surface area (Å²) in [7, 11) is 0. The van der Waals surface area contributed by atoms with E-state index in [1.807, 2.05) is 41.5 Å². The van der Waals surface area contributed by atoms with Crippen LogP contribution in [0.25, 0.3) is 0 Å². The van der Waals surface area contributed by atoms with Gasteiger partial charge in [0.15, 0.2) is 5.41 Å². The van der Waals surface area contributed by atoms with E-state index in [9.17, 15) is 10.1 Å². The molecular formula is C13H23NO2. The summed E-state index contributed by atoms with van der Waals surface area (Å²) in [5.74, 6) is -0.419. The van der Waals surface area contributed by atoms with E-state index in [2.05, 4.69) is 6.07 Å². The maximum absolute atomic E-state index is 12.1. The van der Waals surface area contributed by atoms with Crippen LogP contribution in [0.1, 0.15) is 48.5 Å². The molecule has 0 saturated carbocycles. The van der Waals surface area contributed by atoms with Gasteiger partial charge >= 0.3 is 5.97 Å². The quantitative estimate of drug-likeness (QED) is 0.678. The standard InChI is InChI=1S/C13H23NO2/c1-8-16-10(15)13(9-14,11(2,3)4)12(5,6)7/h8H2,1-7H3.